The molecule has 126 valence electrons. The van der Waals surface area contributed by atoms with Gasteiger partial charge in [-0.1, -0.05) is 48.2 Å². The van der Waals surface area contributed by atoms with Gasteiger partial charge in [-0.15, -0.1) is 17.9 Å². The molecule has 2 aromatic heterocycles. The first kappa shape index (κ1) is 17.5. The summed E-state index contributed by atoms with van der Waals surface area (Å²) in [5.41, 5.74) is 1.02. The van der Waals surface area contributed by atoms with E-state index in [1.54, 1.807) is 10.6 Å². The Bertz CT molecular complexity index is 999. The van der Waals surface area contributed by atoms with Crippen LogP contribution in [0.5, 0.6) is 0 Å². The molecule has 25 heavy (non-hydrogen) atoms. The molecule has 4 nitrogen and oxygen atoms in total. The third-order valence-electron chi connectivity index (χ3n) is 3.67. The van der Waals surface area contributed by atoms with Crippen molar-refractivity contribution in [1.82, 2.24) is 9.55 Å². The second kappa shape index (κ2) is 7.68. The van der Waals surface area contributed by atoms with Gasteiger partial charge in [0.2, 0.25) is 0 Å². The lowest BCUT2D eigenvalue weighted by Crippen LogP contribution is -2.22. The highest BCUT2D eigenvalue weighted by Gasteiger charge is 2.15. The maximum Gasteiger partial charge on any atom is 0.263 e. The fourth-order valence-electron chi connectivity index (χ4n) is 2.38. The number of nitrogens with zero attached hydrogens (tertiary/aromatic N) is 3. The molecule has 3 aromatic rings. The summed E-state index contributed by atoms with van der Waals surface area (Å²) in [6, 6.07) is 14.1. The van der Waals surface area contributed by atoms with Gasteiger partial charge in [0.15, 0.2) is 5.16 Å². The first-order valence-corrected chi connectivity index (χ1v) is 9.67. The Hall–Kier alpha value is -2.36. The summed E-state index contributed by atoms with van der Waals surface area (Å²) in [5, 5.41) is 10.2. The molecule has 3 rings (SSSR count). The van der Waals surface area contributed by atoms with Crippen LogP contribution in [-0.4, -0.2) is 15.3 Å². The summed E-state index contributed by atoms with van der Waals surface area (Å²) in [4.78, 5) is 19.4. The number of nitriles is 1. The van der Waals surface area contributed by atoms with Gasteiger partial charge >= 0.3 is 0 Å². The average Bonchev–Trinajstić information content (AvgIpc) is 3.07. The molecule has 0 amide bonds. The number of thioether (sulfide) groups is 1. The summed E-state index contributed by atoms with van der Waals surface area (Å²) in [7, 11) is 0. The monoisotopic (exact) mass is 367 g/mol. The van der Waals surface area contributed by atoms with Crippen LogP contribution in [0, 0.1) is 17.2 Å². The van der Waals surface area contributed by atoms with Gasteiger partial charge in [-0.05, 0) is 18.6 Å². The SMILES string of the molecule is C=CCn1c(SC[C@@H](C)C#N)nc2sc(-c3ccccc3)cc2c1=O. The Morgan fingerprint density at radius 3 is 2.88 bits per heavy atom. The van der Waals surface area contributed by atoms with Crippen LogP contribution < -0.4 is 5.56 Å². The molecule has 0 aliphatic carbocycles. The molecule has 0 N–H and O–H groups in total. The van der Waals surface area contributed by atoms with Crippen molar-refractivity contribution in [2.24, 2.45) is 5.92 Å². The van der Waals surface area contributed by atoms with Crippen LogP contribution >= 0.6 is 23.1 Å². The molecule has 1 aromatic carbocycles. The molecule has 0 saturated carbocycles. The van der Waals surface area contributed by atoms with Gasteiger partial charge in [-0.3, -0.25) is 9.36 Å². The Morgan fingerprint density at radius 2 is 2.20 bits per heavy atom. The van der Waals surface area contributed by atoms with E-state index < -0.39 is 0 Å². The third-order valence-corrected chi connectivity index (χ3v) is 5.98. The first-order valence-electron chi connectivity index (χ1n) is 7.87. The van der Waals surface area contributed by atoms with Crippen LogP contribution in [-0.2, 0) is 6.54 Å². The number of benzene rings is 1. The van der Waals surface area contributed by atoms with Crippen molar-refractivity contribution in [3.05, 3.63) is 59.4 Å². The second-order valence-corrected chi connectivity index (χ2v) is 7.65. The molecule has 0 bridgehead atoms. The fourth-order valence-corrected chi connectivity index (χ4v) is 4.41. The van der Waals surface area contributed by atoms with Gasteiger partial charge in [0.1, 0.15) is 4.83 Å². The quantitative estimate of drug-likeness (QED) is 0.364. The predicted molar refractivity (Wildman–Crippen MR) is 105 cm³/mol. The molecule has 0 unspecified atom stereocenters. The van der Waals surface area contributed by atoms with Crippen molar-refractivity contribution in [3.8, 4) is 16.5 Å². The third kappa shape index (κ3) is 3.68. The number of thiophene rings is 1. The molecule has 0 aliphatic rings. The van der Waals surface area contributed by atoms with Gasteiger partial charge in [0, 0.05) is 17.2 Å². The van der Waals surface area contributed by atoms with Crippen molar-refractivity contribution < 1.29 is 0 Å². The van der Waals surface area contributed by atoms with Gasteiger partial charge in [0.05, 0.1) is 17.4 Å². The van der Waals surface area contributed by atoms with Crippen molar-refractivity contribution in [2.75, 3.05) is 5.75 Å². The second-order valence-electron chi connectivity index (χ2n) is 5.64. The first-order chi connectivity index (χ1) is 12.1. The van der Waals surface area contributed by atoms with Gasteiger partial charge in [-0.2, -0.15) is 5.26 Å². The molecule has 0 aliphatic heterocycles. The molecular formula is C19H17N3OS2. The molecule has 0 radical (unpaired) electrons. The highest BCUT2D eigenvalue weighted by atomic mass is 32.2. The summed E-state index contributed by atoms with van der Waals surface area (Å²) in [6.07, 6.45) is 1.69. The summed E-state index contributed by atoms with van der Waals surface area (Å²) >= 11 is 2.96. The zero-order chi connectivity index (χ0) is 17.8. The van der Waals surface area contributed by atoms with Gasteiger partial charge in [0.25, 0.3) is 5.56 Å². The maximum absolute atomic E-state index is 12.9. The van der Waals surface area contributed by atoms with E-state index in [-0.39, 0.29) is 11.5 Å². The van der Waals surface area contributed by atoms with E-state index in [1.807, 2.05) is 43.3 Å². The summed E-state index contributed by atoms with van der Waals surface area (Å²) < 4.78 is 1.63. The Labute approximate surface area is 154 Å². The van der Waals surface area contributed by atoms with E-state index >= 15 is 0 Å². The molecule has 1 atom stereocenters. The Balaban J connectivity index is 2.10. The number of aromatic nitrogens is 2. The molecule has 0 fully saturated rings. The normalized spacial score (nSPS) is 12.0. The number of fused-ring (bicyclic) bond motifs is 1. The lowest BCUT2D eigenvalue weighted by atomic mass is 10.2. The van der Waals surface area contributed by atoms with E-state index in [0.29, 0.717) is 22.8 Å². The predicted octanol–water partition coefficient (Wildman–Crippen LogP) is 4.56. The van der Waals surface area contributed by atoms with E-state index in [0.717, 1.165) is 15.3 Å². The van der Waals surface area contributed by atoms with E-state index in [1.165, 1.54) is 23.1 Å². The summed E-state index contributed by atoms with van der Waals surface area (Å²) in [6.45, 7) is 6.00. The topological polar surface area (TPSA) is 58.7 Å². The average molecular weight is 367 g/mol. The smallest absolute Gasteiger partial charge is 0.263 e. The molecule has 6 heteroatoms. The van der Waals surface area contributed by atoms with Crippen molar-refractivity contribution in [2.45, 2.75) is 18.6 Å². The van der Waals surface area contributed by atoms with E-state index in [2.05, 4.69) is 12.6 Å². The summed E-state index contributed by atoms with van der Waals surface area (Å²) in [5.74, 6) is 0.501. The standard InChI is InChI=1S/C19H17N3OS2/c1-3-9-22-18(23)15-10-16(14-7-5-4-6-8-14)25-17(15)21-19(22)24-12-13(2)11-20/h3-8,10,13H,1,9,12H2,2H3/t13-/m0/s1. The zero-order valence-electron chi connectivity index (χ0n) is 13.8. The molecular weight excluding hydrogens is 350 g/mol. The highest BCUT2D eigenvalue weighted by molar-refractivity contribution is 7.99. The lowest BCUT2D eigenvalue weighted by molar-refractivity contribution is 0.671. The van der Waals surface area contributed by atoms with Crippen molar-refractivity contribution in [1.29, 1.82) is 5.26 Å². The fraction of sp³-hybridized carbons (Fsp3) is 0.211. The van der Waals surface area contributed by atoms with Crippen LogP contribution in [0.1, 0.15) is 6.92 Å². The number of allylic oxidation sites excluding steroid dienone is 1. The number of hydrogen-bond acceptors (Lipinski definition) is 5. The zero-order valence-corrected chi connectivity index (χ0v) is 15.4. The Kier molecular flexibility index (Phi) is 5.37. The van der Waals surface area contributed by atoms with Gasteiger partial charge < -0.3 is 0 Å². The van der Waals surface area contributed by atoms with Crippen LogP contribution in [0.2, 0.25) is 0 Å². The van der Waals surface area contributed by atoms with Gasteiger partial charge in [-0.25, -0.2) is 4.98 Å². The largest absolute Gasteiger partial charge is 0.283 e. The van der Waals surface area contributed by atoms with E-state index in [9.17, 15) is 4.79 Å². The van der Waals surface area contributed by atoms with E-state index in [4.69, 9.17) is 10.2 Å². The Morgan fingerprint density at radius 1 is 1.44 bits per heavy atom. The van der Waals surface area contributed by atoms with Crippen molar-refractivity contribution >= 4 is 33.3 Å². The number of rotatable bonds is 6. The van der Waals surface area contributed by atoms with Crippen LogP contribution in [0.25, 0.3) is 20.7 Å². The molecule has 0 saturated heterocycles. The minimum Gasteiger partial charge on any atom is -0.283 e. The van der Waals surface area contributed by atoms with Crippen LogP contribution in [0.15, 0.2) is 59.0 Å². The maximum atomic E-state index is 12.9. The van der Waals surface area contributed by atoms with Crippen molar-refractivity contribution in [3.63, 3.8) is 0 Å². The molecule has 0 spiro atoms. The minimum absolute atomic E-state index is 0.0598. The minimum atomic E-state index is -0.0991. The molecule has 2 heterocycles. The van der Waals surface area contributed by atoms with Crippen LogP contribution in [0.4, 0.5) is 0 Å². The van der Waals surface area contributed by atoms with Crippen LogP contribution in [0.3, 0.4) is 0 Å². The lowest BCUT2D eigenvalue weighted by Gasteiger charge is -2.10. The highest BCUT2D eigenvalue weighted by Crippen LogP contribution is 2.32. The number of hydrogen-bond donors (Lipinski definition) is 0.